The number of halogens is 1. The summed E-state index contributed by atoms with van der Waals surface area (Å²) in [5.74, 6) is 1.73. The Morgan fingerprint density at radius 1 is 1.33 bits per heavy atom. The molecule has 0 spiro atoms. The van der Waals surface area contributed by atoms with Gasteiger partial charge in [-0.25, -0.2) is 4.98 Å². The quantitative estimate of drug-likeness (QED) is 0.263. The van der Waals surface area contributed by atoms with Crippen LogP contribution >= 0.6 is 24.0 Å². The molecule has 24 heavy (non-hydrogen) atoms. The van der Waals surface area contributed by atoms with Crippen LogP contribution in [0.1, 0.15) is 52.9 Å². The summed E-state index contributed by atoms with van der Waals surface area (Å²) in [5, 5.41) is 6.83. The highest BCUT2D eigenvalue weighted by atomic mass is 127. The van der Waals surface area contributed by atoms with Gasteiger partial charge in [-0.3, -0.25) is 4.99 Å². The van der Waals surface area contributed by atoms with E-state index in [-0.39, 0.29) is 24.0 Å². The first-order chi connectivity index (χ1) is 11.1. The zero-order valence-corrected chi connectivity index (χ0v) is 17.8. The van der Waals surface area contributed by atoms with Gasteiger partial charge in [0.15, 0.2) is 5.96 Å². The van der Waals surface area contributed by atoms with E-state index in [1.807, 2.05) is 18.7 Å². The number of nitrogens with zero attached hydrogens (tertiary/aromatic N) is 3. The normalized spacial score (nSPS) is 16.4. The lowest BCUT2D eigenvalue weighted by Crippen LogP contribution is -2.40. The predicted molar refractivity (Wildman–Crippen MR) is 112 cm³/mol. The largest absolute Gasteiger partial charge is 0.357 e. The van der Waals surface area contributed by atoms with Crippen LogP contribution in [0.2, 0.25) is 0 Å². The minimum atomic E-state index is 0. The first-order valence-corrected chi connectivity index (χ1v) is 9.11. The van der Waals surface area contributed by atoms with Crippen molar-refractivity contribution in [1.29, 1.82) is 0 Å². The lowest BCUT2D eigenvalue weighted by atomic mass is 9.64. The molecule has 0 aromatic carbocycles. The second kappa shape index (κ2) is 10.9. The molecule has 0 unspecified atom stereocenters. The van der Waals surface area contributed by atoms with E-state index in [4.69, 9.17) is 4.99 Å². The number of guanidine groups is 1. The fraction of sp³-hybridized carbons (Fsp3) is 0.778. The van der Waals surface area contributed by atoms with E-state index in [0.717, 1.165) is 44.5 Å². The molecule has 2 N–H and O–H groups in total. The fourth-order valence-corrected chi connectivity index (χ4v) is 3.45. The zero-order chi connectivity index (χ0) is 16.5. The minimum absolute atomic E-state index is 0. The van der Waals surface area contributed by atoms with Crippen molar-refractivity contribution in [1.82, 2.24) is 20.2 Å². The van der Waals surface area contributed by atoms with E-state index in [0.29, 0.717) is 5.41 Å². The van der Waals surface area contributed by atoms with Gasteiger partial charge in [0, 0.05) is 38.6 Å². The highest BCUT2D eigenvalue weighted by molar-refractivity contribution is 14.0. The van der Waals surface area contributed by atoms with Gasteiger partial charge in [0.25, 0.3) is 0 Å². The van der Waals surface area contributed by atoms with Crippen LogP contribution in [-0.4, -0.2) is 35.1 Å². The van der Waals surface area contributed by atoms with E-state index in [1.54, 1.807) is 0 Å². The Balaban J connectivity index is 0.00000288. The summed E-state index contributed by atoms with van der Waals surface area (Å²) < 4.78 is 2.11. The van der Waals surface area contributed by atoms with Gasteiger partial charge in [0.1, 0.15) is 0 Å². The highest BCUT2D eigenvalue weighted by Crippen LogP contribution is 2.46. The molecule has 1 saturated carbocycles. The summed E-state index contributed by atoms with van der Waals surface area (Å²) in [6.45, 7) is 10.6. The third-order valence-electron chi connectivity index (χ3n) is 4.62. The summed E-state index contributed by atoms with van der Waals surface area (Å²) in [6, 6.07) is 0. The number of rotatable bonds is 9. The molecule has 1 heterocycles. The van der Waals surface area contributed by atoms with Crippen LogP contribution < -0.4 is 10.6 Å². The Labute approximate surface area is 164 Å². The maximum absolute atomic E-state index is 4.87. The molecule has 0 saturated heterocycles. The molecular weight excluding hydrogens is 413 g/mol. The average Bonchev–Trinajstić information content (AvgIpc) is 2.98. The molecule has 1 fully saturated rings. The number of aliphatic imine (C=N–C) groups is 1. The Bertz CT molecular complexity index is 466. The molecule has 1 aromatic heterocycles. The van der Waals surface area contributed by atoms with Crippen LogP contribution in [0, 0.1) is 11.3 Å². The zero-order valence-electron chi connectivity index (χ0n) is 15.4. The maximum atomic E-state index is 4.87. The second-order valence-electron chi connectivity index (χ2n) is 7.23. The summed E-state index contributed by atoms with van der Waals surface area (Å²) in [7, 11) is 0. The molecule has 0 aliphatic heterocycles. The standard InChI is InChI=1S/C18H33N5.HI/c1-4-20-17(21-9-6-11-23-12-10-19-15-23)22-14-18(7-5-8-18)13-16(2)3;/h10,12,15-16H,4-9,11,13-14H2,1-3H3,(H2,20,21,22);1H. The van der Waals surface area contributed by atoms with Gasteiger partial charge < -0.3 is 15.2 Å². The molecule has 1 aliphatic rings. The number of imidazole rings is 1. The number of aromatic nitrogens is 2. The van der Waals surface area contributed by atoms with Crippen molar-refractivity contribution in [2.24, 2.45) is 16.3 Å². The average molecular weight is 447 g/mol. The number of nitrogens with one attached hydrogen (secondary N) is 2. The summed E-state index contributed by atoms with van der Waals surface area (Å²) in [4.78, 5) is 8.94. The van der Waals surface area contributed by atoms with Crippen LogP contribution in [0.4, 0.5) is 0 Å². The molecule has 2 rings (SSSR count). The van der Waals surface area contributed by atoms with Crippen molar-refractivity contribution in [3.05, 3.63) is 18.7 Å². The minimum Gasteiger partial charge on any atom is -0.357 e. The number of hydrogen-bond donors (Lipinski definition) is 2. The first kappa shape index (κ1) is 21.3. The van der Waals surface area contributed by atoms with Crippen molar-refractivity contribution in [2.75, 3.05) is 19.6 Å². The van der Waals surface area contributed by atoms with Crippen molar-refractivity contribution < 1.29 is 0 Å². The van der Waals surface area contributed by atoms with Gasteiger partial charge in [-0.05, 0) is 43.9 Å². The van der Waals surface area contributed by atoms with Gasteiger partial charge in [-0.1, -0.05) is 20.3 Å². The molecule has 0 radical (unpaired) electrons. The Hall–Kier alpha value is -0.790. The van der Waals surface area contributed by atoms with Crippen molar-refractivity contribution in [3.63, 3.8) is 0 Å². The van der Waals surface area contributed by atoms with Gasteiger partial charge in [0.2, 0.25) is 0 Å². The third kappa shape index (κ3) is 6.99. The number of hydrogen-bond acceptors (Lipinski definition) is 2. The second-order valence-corrected chi connectivity index (χ2v) is 7.23. The van der Waals surface area contributed by atoms with E-state index in [9.17, 15) is 0 Å². The Morgan fingerprint density at radius 2 is 2.12 bits per heavy atom. The van der Waals surface area contributed by atoms with Gasteiger partial charge in [-0.2, -0.15) is 0 Å². The summed E-state index contributed by atoms with van der Waals surface area (Å²) in [5.41, 5.74) is 0.466. The van der Waals surface area contributed by atoms with Crippen LogP contribution in [-0.2, 0) is 6.54 Å². The molecule has 1 aromatic rings. The van der Waals surface area contributed by atoms with Crippen molar-refractivity contribution in [3.8, 4) is 0 Å². The Kier molecular flexibility index (Phi) is 9.69. The molecular formula is C18H34IN5. The van der Waals surface area contributed by atoms with Crippen molar-refractivity contribution in [2.45, 2.75) is 59.4 Å². The van der Waals surface area contributed by atoms with E-state index < -0.39 is 0 Å². The van der Waals surface area contributed by atoms with E-state index in [1.165, 1.54) is 25.7 Å². The molecule has 6 heteroatoms. The van der Waals surface area contributed by atoms with Gasteiger partial charge in [0.05, 0.1) is 6.33 Å². The maximum Gasteiger partial charge on any atom is 0.191 e. The lowest BCUT2D eigenvalue weighted by molar-refractivity contribution is 0.111. The van der Waals surface area contributed by atoms with Gasteiger partial charge in [-0.15, -0.1) is 24.0 Å². The lowest BCUT2D eigenvalue weighted by Gasteiger charge is -2.42. The molecule has 0 bridgehead atoms. The monoisotopic (exact) mass is 447 g/mol. The predicted octanol–water partition coefficient (Wildman–Crippen LogP) is 3.66. The van der Waals surface area contributed by atoms with Gasteiger partial charge >= 0.3 is 0 Å². The van der Waals surface area contributed by atoms with Crippen molar-refractivity contribution >= 4 is 29.9 Å². The van der Waals surface area contributed by atoms with Crippen LogP contribution in [0.15, 0.2) is 23.7 Å². The Morgan fingerprint density at radius 3 is 2.67 bits per heavy atom. The SMILES string of the molecule is CCNC(=NCC1(CC(C)C)CCC1)NCCCn1ccnc1.I. The third-order valence-corrected chi connectivity index (χ3v) is 4.62. The van der Waals surface area contributed by atoms with Crippen LogP contribution in [0.25, 0.3) is 0 Å². The number of aryl methyl sites for hydroxylation is 1. The summed E-state index contributed by atoms with van der Waals surface area (Å²) >= 11 is 0. The van der Waals surface area contributed by atoms with Crippen LogP contribution in [0.5, 0.6) is 0 Å². The molecule has 138 valence electrons. The highest BCUT2D eigenvalue weighted by Gasteiger charge is 2.37. The topological polar surface area (TPSA) is 54.2 Å². The molecule has 1 aliphatic carbocycles. The molecule has 5 nitrogen and oxygen atoms in total. The summed E-state index contributed by atoms with van der Waals surface area (Å²) in [6.07, 6.45) is 12.1. The van der Waals surface area contributed by atoms with E-state index >= 15 is 0 Å². The molecule has 0 atom stereocenters. The van der Waals surface area contributed by atoms with E-state index in [2.05, 4.69) is 41.0 Å². The smallest absolute Gasteiger partial charge is 0.191 e. The fourth-order valence-electron chi connectivity index (χ4n) is 3.45. The first-order valence-electron chi connectivity index (χ1n) is 9.11. The van der Waals surface area contributed by atoms with Crippen LogP contribution in [0.3, 0.4) is 0 Å². The molecule has 0 amide bonds.